The molecular weight excluding hydrogens is 216 g/mol. The van der Waals surface area contributed by atoms with Gasteiger partial charge >= 0.3 is 0 Å². The molecule has 5 heteroatoms. The van der Waals surface area contributed by atoms with Crippen molar-refractivity contribution in [3.05, 3.63) is 18.2 Å². The molecule has 1 aliphatic heterocycles. The second-order valence-electron chi connectivity index (χ2n) is 5.40. The number of nitrogens with zero attached hydrogens (tertiary/aromatic N) is 3. The Kier molecular flexibility index (Phi) is 3.69. The van der Waals surface area contributed by atoms with Gasteiger partial charge in [0.15, 0.2) is 0 Å². The lowest BCUT2D eigenvalue weighted by atomic mass is 10.1. The molecule has 2 heterocycles. The van der Waals surface area contributed by atoms with Gasteiger partial charge in [-0.15, -0.1) is 0 Å². The number of hydrogen-bond donors (Lipinski definition) is 1. The second-order valence-corrected chi connectivity index (χ2v) is 5.40. The van der Waals surface area contributed by atoms with E-state index in [4.69, 9.17) is 4.74 Å². The van der Waals surface area contributed by atoms with Crippen LogP contribution in [0.5, 0.6) is 0 Å². The van der Waals surface area contributed by atoms with E-state index in [1.165, 1.54) is 5.69 Å². The molecule has 1 N–H and O–H groups in total. The minimum Gasteiger partial charge on any atom is -0.378 e. The Morgan fingerprint density at radius 3 is 2.71 bits per heavy atom. The van der Waals surface area contributed by atoms with Crippen molar-refractivity contribution >= 4 is 0 Å². The molecule has 0 spiro atoms. The molecule has 0 saturated carbocycles. The van der Waals surface area contributed by atoms with E-state index in [0.29, 0.717) is 0 Å². The van der Waals surface area contributed by atoms with Gasteiger partial charge in [-0.25, -0.2) is 9.66 Å². The zero-order valence-corrected chi connectivity index (χ0v) is 10.9. The zero-order chi connectivity index (χ0) is 12.3. The van der Waals surface area contributed by atoms with Gasteiger partial charge < -0.3 is 15.1 Å². The first-order valence-corrected chi connectivity index (χ1v) is 6.15. The van der Waals surface area contributed by atoms with Crippen molar-refractivity contribution in [1.82, 2.24) is 15.0 Å². The Morgan fingerprint density at radius 1 is 1.35 bits per heavy atom. The maximum atomic E-state index is 5.36. The largest absolute Gasteiger partial charge is 0.378 e. The molecule has 0 atom stereocenters. The predicted octanol–water partition coefficient (Wildman–Crippen LogP) is 0.739. The Bertz CT molecular complexity index is 350. The molecule has 17 heavy (non-hydrogen) atoms. The average Bonchev–Trinajstić information content (AvgIpc) is 2.75. The standard InChI is InChI=1S/C12H22N4O/c1-12(2,3)14-9-11-8-13-10-16(11)15-4-6-17-7-5-15/h8,10,14H,4-7,9H2,1-3H3. The number of morpholine rings is 1. The van der Waals surface area contributed by atoms with Crippen LogP contribution in [0.2, 0.25) is 0 Å². The van der Waals surface area contributed by atoms with E-state index in [9.17, 15) is 0 Å². The molecule has 1 saturated heterocycles. The van der Waals surface area contributed by atoms with E-state index in [1.54, 1.807) is 0 Å². The molecule has 0 aromatic carbocycles. The van der Waals surface area contributed by atoms with Crippen LogP contribution in [0.1, 0.15) is 26.5 Å². The summed E-state index contributed by atoms with van der Waals surface area (Å²) < 4.78 is 7.50. The van der Waals surface area contributed by atoms with Gasteiger partial charge in [0.1, 0.15) is 6.33 Å². The lowest BCUT2D eigenvalue weighted by Gasteiger charge is -2.31. The maximum absolute atomic E-state index is 5.36. The average molecular weight is 238 g/mol. The van der Waals surface area contributed by atoms with Gasteiger partial charge in [0.2, 0.25) is 0 Å². The minimum atomic E-state index is 0.125. The molecule has 1 aliphatic rings. The Labute approximate surface area is 103 Å². The van der Waals surface area contributed by atoms with E-state index in [1.807, 2.05) is 12.5 Å². The van der Waals surface area contributed by atoms with Crippen LogP contribution in [0, 0.1) is 0 Å². The van der Waals surface area contributed by atoms with Crippen molar-refractivity contribution in [1.29, 1.82) is 0 Å². The van der Waals surface area contributed by atoms with Gasteiger partial charge in [-0.2, -0.15) is 0 Å². The molecule has 5 nitrogen and oxygen atoms in total. The molecule has 0 bridgehead atoms. The van der Waals surface area contributed by atoms with E-state index in [-0.39, 0.29) is 5.54 Å². The first-order chi connectivity index (χ1) is 8.06. The Balaban J connectivity index is 2.00. The number of ether oxygens (including phenoxy) is 1. The van der Waals surface area contributed by atoms with Gasteiger partial charge in [-0.3, -0.25) is 0 Å². The van der Waals surface area contributed by atoms with Crippen LogP contribution in [0.4, 0.5) is 0 Å². The topological polar surface area (TPSA) is 42.3 Å². The van der Waals surface area contributed by atoms with Crippen LogP contribution in [0.25, 0.3) is 0 Å². The van der Waals surface area contributed by atoms with Gasteiger partial charge in [-0.05, 0) is 20.8 Å². The van der Waals surface area contributed by atoms with Crippen LogP contribution < -0.4 is 10.3 Å². The van der Waals surface area contributed by atoms with E-state index in [0.717, 1.165) is 32.8 Å². The number of aromatic nitrogens is 2. The molecule has 1 aromatic heterocycles. The van der Waals surface area contributed by atoms with Crippen molar-refractivity contribution in [2.45, 2.75) is 32.9 Å². The third-order valence-corrected chi connectivity index (χ3v) is 2.79. The Hall–Kier alpha value is -1.07. The van der Waals surface area contributed by atoms with Crippen LogP contribution in [0.3, 0.4) is 0 Å². The zero-order valence-electron chi connectivity index (χ0n) is 10.9. The van der Waals surface area contributed by atoms with E-state index in [2.05, 4.69) is 40.8 Å². The SMILES string of the molecule is CC(C)(C)NCc1cncn1N1CCOCC1. The first-order valence-electron chi connectivity index (χ1n) is 6.15. The monoisotopic (exact) mass is 238 g/mol. The minimum absolute atomic E-state index is 0.125. The van der Waals surface area contributed by atoms with Crippen molar-refractivity contribution in [2.75, 3.05) is 31.3 Å². The highest BCUT2D eigenvalue weighted by atomic mass is 16.5. The molecule has 2 rings (SSSR count). The summed E-state index contributed by atoms with van der Waals surface area (Å²) in [6.07, 6.45) is 3.80. The number of imidazole rings is 1. The summed E-state index contributed by atoms with van der Waals surface area (Å²) in [5, 5.41) is 5.76. The summed E-state index contributed by atoms with van der Waals surface area (Å²) in [6, 6.07) is 0. The van der Waals surface area contributed by atoms with Gasteiger partial charge in [-0.1, -0.05) is 0 Å². The Morgan fingerprint density at radius 2 is 2.06 bits per heavy atom. The quantitative estimate of drug-likeness (QED) is 0.843. The second kappa shape index (κ2) is 5.06. The van der Waals surface area contributed by atoms with Crippen LogP contribution in [0.15, 0.2) is 12.5 Å². The fourth-order valence-electron chi connectivity index (χ4n) is 1.82. The molecule has 0 aliphatic carbocycles. The summed E-state index contributed by atoms with van der Waals surface area (Å²) in [5.41, 5.74) is 1.32. The smallest absolute Gasteiger partial charge is 0.114 e. The summed E-state index contributed by atoms with van der Waals surface area (Å²) in [7, 11) is 0. The van der Waals surface area contributed by atoms with Crippen LogP contribution in [-0.2, 0) is 11.3 Å². The molecular formula is C12H22N4O. The van der Waals surface area contributed by atoms with Crippen molar-refractivity contribution in [3.8, 4) is 0 Å². The van der Waals surface area contributed by atoms with E-state index < -0.39 is 0 Å². The molecule has 0 unspecified atom stereocenters. The maximum Gasteiger partial charge on any atom is 0.114 e. The normalized spacial score (nSPS) is 17.5. The fourth-order valence-corrected chi connectivity index (χ4v) is 1.82. The van der Waals surface area contributed by atoms with Crippen LogP contribution >= 0.6 is 0 Å². The van der Waals surface area contributed by atoms with Gasteiger partial charge in [0.05, 0.1) is 38.2 Å². The highest BCUT2D eigenvalue weighted by Gasteiger charge is 2.15. The number of rotatable bonds is 3. The molecule has 1 fully saturated rings. The van der Waals surface area contributed by atoms with Crippen molar-refractivity contribution < 1.29 is 4.74 Å². The third kappa shape index (κ3) is 3.44. The lowest BCUT2D eigenvalue weighted by molar-refractivity contribution is 0.110. The van der Waals surface area contributed by atoms with Gasteiger partial charge in [0.25, 0.3) is 0 Å². The number of nitrogens with one attached hydrogen (secondary N) is 1. The highest BCUT2D eigenvalue weighted by Crippen LogP contribution is 2.06. The molecule has 0 amide bonds. The third-order valence-electron chi connectivity index (χ3n) is 2.79. The number of hydrogen-bond acceptors (Lipinski definition) is 4. The summed E-state index contributed by atoms with van der Waals surface area (Å²) in [4.78, 5) is 4.24. The van der Waals surface area contributed by atoms with Gasteiger partial charge in [0, 0.05) is 12.1 Å². The molecule has 0 radical (unpaired) electrons. The van der Waals surface area contributed by atoms with Crippen molar-refractivity contribution in [3.63, 3.8) is 0 Å². The van der Waals surface area contributed by atoms with Crippen LogP contribution in [-0.4, -0.2) is 41.5 Å². The summed E-state index contributed by atoms with van der Waals surface area (Å²) >= 11 is 0. The molecule has 96 valence electrons. The summed E-state index contributed by atoms with van der Waals surface area (Å²) in [6.45, 7) is 10.8. The lowest BCUT2D eigenvalue weighted by Crippen LogP contribution is -2.45. The fraction of sp³-hybridized carbons (Fsp3) is 0.750. The first kappa shape index (κ1) is 12.4. The molecule has 1 aromatic rings. The van der Waals surface area contributed by atoms with E-state index >= 15 is 0 Å². The summed E-state index contributed by atoms with van der Waals surface area (Å²) in [5.74, 6) is 0. The van der Waals surface area contributed by atoms with Crippen molar-refractivity contribution in [2.24, 2.45) is 0 Å². The predicted molar refractivity (Wildman–Crippen MR) is 67.6 cm³/mol. The highest BCUT2D eigenvalue weighted by molar-refractivity contribution is 5.04.